The average Bonchev–Trinajstić information content (AvgIpc) is 3.30. The number of hydrogen-bond acceptors (Lipinski definition) is 4. The van der Waals surface area contributed by atoms with E-state index in [1.54, 1.807) is 0 Å². The number of carbonyl (C=O) groups excluding carboxylic acids is 2. The molecule has 4 atom stereocenters. The van der Waals surface area contributed by atoms with Crippen LogP contribution in [0.4, 0.5) is 0 Å². The Labute approximate surface area is 129 Å². The van der Waals surface area contributed by atoms with Crippen molar-refractivity contribution in [3.05, 3.63) is 0 Å². The van der Waals surface area contributed by atoms with Crippen molar-refractivity contribution in [2.24, 2.45) is 33.9 Å². The largest absolute Gasteiger partial charge is 0.331 e. The molecule has 0 saturated heterocycles. The van der Waals surface area contributed by atoms with E-state index in [4.69, 9.17) is 0 Å². The molecule has 4 fully saturated rings. The van der Waals surface area contributed by atoms with Crippen molar-refractivity contribution in [1.82, 2.24) is 10.9 Å². The lowest BCUT2D eigenvalue weighted by Crippen LogP contribution is -2.36. The number of carbonyl (C=O) groups is 2. The topological polar surface area (TPSA) is 82.9 Å². The van der Waals surface area contributed by atoms with Crippen molar-refractivity contribution in [2.75, 3.05) is 0 Å². The van der Waals surface area contributed by atoms with Crippen molar-refractivity contribution >= 4 is 23.2 Å². The summed E-state index contributed by atoms with van der Waals surface area (Å²) in [6.07, 6.45) is 9.21. The summed E-state index contributed by atoms with van der Waals surface area (Å²) < 4.78 is 0. The van der Waals surface area contributed by atoms with Gasteiger partial charge < -0.3 is 0 Å². The van der Waals surface area contributed by atoms with Crippen LogP contribution in [0.15, 0.2) is 10.2 Å². The SMILES string of the molecule is O=C(N/N=C1/C[C@@H]2CC[C@@H]1C2)C(=O)N/N=C1/C[C@@H]2CC[C@H]1C2. The second kappa shape index (κ2) is 5.48. The van der Waals surface area contributed by atoms with E-state index < -0.39 is 11.8 Å². The molecule has 4 saturated carbocycles. The van der Waals surface area contributed by atoms with Crippen LogP contribution in [-0.4, -0.2) is 23.2 Å². The van der Waals surface area contributed by atoms with E-state index in [1.807, 2.05) is 0 Å². The molecular weight excluding hydrogens is 280 g/mol. The number of hydrazone groups is 2. The molecule has 0 radical (unpaired) electrons. The smallest absolute Gasteiger partial charge is 0.262 e. The summed E-state index contributed by atoms with van der Waals surface area (Å²) >= 11 is 0. The Bertz CT molecular complexity index is 518. The first-order valence-corrected chi connectivity index (χ1v) is 8.42. The molecule has 118 valence electrons. The summed E-state index contributed by atoms with van der Waals surface area (Å²) in [6.45, 7) is 0. The molecule has 0 unspecified atom stereocenters. The molecule has 2 amide bonds. The monoisotopic (exact) mass is 302 g/mol. The molecule has 6 heteroatoms. The fourth-order valence-electron chi connectivity index (χ4n) is 4.67. The fourth-order valence-corrected chi connectivity index (χ4v) is 4.67. The van der Waals surface area contributed by atoms with Crippen molar-refractivity contribution in [3.63, 3.8) is 0 Å². The normalized spacial score (nSPS) is 38.9. The first kappa shape index (κ1) is 13.9. The lowest BCUT2D eigenvalue weighted by Gasteiger charge is -2.12. The highest BCUT2D eigenvalue weighted by Crippen LogP contribution is 2.43. The van der Waals surface area contributed by atoms with Gasteiger partial charge in [0.2, 0.25) is 0 Å². The minimum atomic E-state index is -0.720. The van der Waals surface area contributed by atoms with Gasteiger partial charge in [0.1, 0.15) is 0 Å². The van der Waals surface area contributed by atoms with Gasteiger partial charge in [0, 0.05) is 11.4 Å². The molecule has 22 heavy (non-hydrogen) atoms. The predicted molar refractivity (Wildman–Crippen MR) is 82.1 cm³/mol. The van der Waals surface area contributed by atoms with Crippen molar-refractivity contribution < 1.29 is 9.59 Å². The van der Waals surface area contributed by atoms with Gasteiger partial charge in [-0.3, -0.25) is 9.59 Å². The van der Waals surface area contributed by atoms with E-state index in [0.717, 1.165) is 36.1 Å². The molecule has 2 N–H and O–H groups in total. The molecule has 0 aromatic carbocycles. The summed E-state index contributed by atoms with van der Waals surface area (Å²) in [7, 11) is 0. The van der Waals surface area contributed by atoms with E-state index in [-0.39, 0.29) is 0 Å². The Morgan fingerprint density at radius 2 is 1.23 bits per heavy atom. The lowest BCUT2D eigenvalue weighted by atomic mass is 9.99. The number of fused-ring (bicyclic) bond motifs is 4. The van der Waals surface area contributed by atoms with Crippen LogP contribution in [0, 0.1) is 23.7 Å². The highest BCUT2D eigenvalue weighted by atomic mass is 16.2. The number of hydrogen-bond donors (Lipinski definition) is 2. The van der Waals surface area contributed by atoms with Crippen LogP contribution in [0.5, 0.6) is 0 Å². The Kier molecular flexibility index (Phi) is 3.47. The zero-order chi connectivity index (χ0) is 15.1. The Balaban J connectivity index is 1.28. The average molecular weight is 302 g/mol. The maximum absolute atomic E-state index is 11.8. The van der Waals surface area contributed by atoms with Gasteiger partial charge in [-0.2, -0.15) is 10.2 Å². The van der Waals surface area contributed by atoms with Gasteiger partial charge >= 0.3 is 11.8 Å². The second-order valence-corrected chi connectivity index (χ2v) is 7.25. The van der Waals surface area contributed by atoms with Gasteiger partial charge in [-0.25, -0.2) is 10.9 Å². The molecule has 4 aliphatic carbocycles. The van der Waals surface area contributed by atoms with E-state index in [0.29, 0.717) is 11.8 Å². The van der Waals surface area contributed by atoms with Gasteiger partial charge in [0.15, 0.2) is 0 Å². The van der Waals surface area contributed by atoms with E-state index in [2.05, 4.69) is 21.1 Å². The quantitative estimate of drug-likeness (QED) is 0.599. The molecule has 0 aliphatic heterocycles. The molecule has 0 spiro atoms. The molecule has 0 aromatic rings. The van der Waals surface area contributed by atoms with E-state index in [1.165, 1.54) is 38.5 Å². The van der Waals surface area contributed by atoms with Gasteiger partial charge in [-0.15, -0.1) is 0 Å². The van der Waals surface area contributed by atoms with E-state index in [9.17, 15) is 9.59 Å². The molecular formula is C16H22N4O2. The van der Waals surface area contributed by atoms with Crippen LogP contribution >= 0.6 is 0 Å². The third-order valence-corrected chi connectivity index (χ3v) is 5.83. The van der Waals surface area contributed by atoms with Crippen LogP contribution in [0.2, 0.25) is 0 Å². The third kappa shape index (κ3) is 2.55. The highest BCUT2D eigenvalue weighted by Gasteiger charge is 2.37. The second-order valence-electron chi connectivity index (χ2n) is 7.25. The zero-order valence-electron chi connectivity index (χ0n) is 12.7. The molecule has 6 nitrogen and oxygen atoms in total. The number of nitrogens with one attached hydrogen (secondary N) is 2. The van der Waals surface area contributed by atoms with Crippen LogP contribution in [0.3, 0.4) is 0 Å². The van der Waals surface area contributed by atoms with E-state index >= 15 is 0 Å². The minimum Gasteiger partial charge on any atom is -0.262 e. The number of amides is 2. The van der Waals surface area contributed by atoms with Crippen molar-refractivity contribution in [2.45, 2.75) is 51.4 Å². The summed E-state index contributed by atoms with van der Waals surface area (Å²) in [4.78, 5) is 23.5. The van der Waals surface area contributed by atoms with Crippen LogP contribution in [-0.2, 0) is 9.59 Å². The highest BCUT2D eigenvalue weighted by molar-refractivity contribution is 6.35. The van der Waals surface area contributed by atoms with Crippen molar-refractivity contribution in [1.29, 1.82) is 0 Å². The summed E-state index contributed by atoms with van der Waals surface area (Å²) in [6, 6.07) is 0. The van der Waals surface area contributed by atoms with Crippen molar-refractivity contribution in [3.8, 4) is 0 Å². The van der Waals surface area contributed by atoms with Crippen LogP contribution in [0.1, 0.15) is 51.4 Å². The first-order chi connectivity index (χ1) is 10.7. The lowest BCUT2D eigenvalue weighted by molar-refractivity contribution is -0.139. The van der Waals surface area contributed by atoms with Gasteiger partial charge in [0.05, 0.1) is 0 Å². The standard InChI is InChI=1S/C16H22N4O2/c21-15(19-17-13-7-9-1-3-11(13)5-9)16(22)20-18-14-8-10-2-4-12(14)6-10/h9-12H,1-8H2,(H,19,21)(H,20,22)/b17-13-,18-14-/t9-,10-,11-,12+/m1/s1. The zero-order valence-corrected chi connectivity index (χ0v) is 12.7. The van der Waals surface area contributed by atoms with Crippen LogP contribution < -0.4 is 10.9 Å². The Morgan fingerprint density at radius 3 is 1.55 bits per heavy atom. The summed E-state index contributed by atoms with van der Waals surface area (Å²) in [5.41, 5.74) is 6.88. The van der Waals surface area contributed by atoms with Gasteiger partial charge in [-0.1, -0.05) is 0 Å². The summed E-state index contributed by atoms with van der Waals surface area (Å²) in [5.74, 6) is 1.06. The number of rotatable bonds is 2. The maximum Gasteiger partial charge on any atom is 0.331 e. The third-order valence-electron chi connectivity index (χ3n) is 5.83. The molecule has 4 rings (SSSR count). The number of nitrogens with zero attached hydrogens (tertiary/aromatic N) is 2. The van der Waals surface area contributed by atoms with Gasteiger partial charge in [-0.05, 0) is 75.0 Å². The summed E-state index contributed by atoms with van der Waals surface area (Å²) in [5, 5.41) is 8.31. The first-order valence-electron chi connectivity index (χ1n) is 8.42. The fraction of sp³-hybridized carbons (Fsp3) is 0.750. The molecule has 0 aromatic heterocycles. The Hall–Kier alpha value is -1.72. The van der Waals surface area contributed by atoms with Crippen LogP contribution in [0.25, 0.3) is 0 Å². The predicted octanol–water partition coefficient (Wildman–Crippen LogP) is 1.57. The molecule has 4 bridgehead atoms. The Morgan fingerprint density at radius 1 is 0.773 bits per heavy atom. The molecule has 0 heterocycles. The van der Waals surface area contributed by atoms with Gasteiger partial charge in [0.25, 0.3) is 0 Å². The minimum absolute atomic E-state index is 0.516. The molecule has 4 aliphatic rings. The maximum atomic E-state index is 11.8.